The molecule has 0 saturated heterocycles. The summed E-state index contributed by atoms with van der Waals surface area (Å²) in [6.07, 6.45) is 2.24. The van der Waals surface area contributed by atoms with Crippen LogP contribution < -0.4 is 4.57 Å². The number of nitrogens with zero attached hydrogens (tertiary/aromatic N) is 1. The van der Waals surface area contributed by atoms with E-state index in [1.165, 1.54) is 27.9 Å². The molecule has 0 fully saturated rings. The van der Waals surface area contributed by atoms with Gasteiger partial charge in [0.2, 0.25) is 5.69 Å². The Morgan fingerprint density at radius 1 is 0.826 bits per heavy atom. The molecule has 3 rings (SSSR count). The highest BCUT2D eigenvalue weighted by Crippen LogP contribution is 2.62. The van der Waals surface area contributed by atoms with Crippen LogP contribution in [0.2, 0.25) is 0 Å². The third-order valence-corrected chi connectivity index (χ3v) is 7.15. The highest BCUT2D eigenvalue weighted by molar-refractivity contribution is 5.69. The molecule has 0 spiro atoms. The van der Waals surface area contributed by atoms with Gasteiger partial charge in [0.1, 0.15) is 7.05 Å². The first-order chi connectivity index (χ1) is 10.5. The van der Waals surface area contributed by atoms with Crippen molar-refractivity contribution in [2.75, 3.05) is 0 Å². The Morgan fingerprint density at radius 3 is 2.04 bits per heavy atom. The molecule has 2 aromatic rings. The molecule has 1 heterocycles. The first kappa shape index (κ1) is 16.2. The van der Waals surface area contributed by atoms with Crippen molar-refractivity contribution >= 4 is 0 Å². The maximum Gasteiger partial charge on any atom is 0.216 e. The number of aromatic nitrogens is 1. The van der Waals surface area contributed by atoms with Crippen molar-refractivity contribution in [1.29, 1.82) is 0 Å². The van der Waals surface area contributed by atoms with Crippen LogP contribution >= 0.6 is 0 Å². The van der Waals surface area contributed by atoms with E-state index in [4.69, 9.17) is 0 Å². The van der Waals surface area contributed by atoms with Crippen LogP contribution in [0.15, 0.2) is 36.5 Å². The molecule has 1 aromatic heterocycles. The minimum absolute atomic E-state index is 0.114. The van der Waals surface area contributed by atoms with E-state index < -0.39 is 0 Å². The molecule has 1 aliphatic rings. The fraction of sp³-hybridized carbons (Fsp3) is 0.500. The lowest BCUT2D eigenvalue weighted by atomic mass is 9.59. The van der Waals surface area contributed by atoms with Crippen molar-refractivity contribution in [1.82, 2.24) is 0 Å². The Hall–Kier alpha value is -1.63. The number of pyridine rings is 1. The van der Waals surface area contributed by atoms with Gasteiger partial charge < -0.3 is 0 Å². The highest BCUT2D eigenvalue weighted by atomic mass is 14.9. The number of hydrogen-bond donors (Lipinski definition) is 0. The van der Waals surface area contributed by atoms with Crippen LogP contribution in [0.25, 0.3) is 11.3 Å². The van der Waals surface area contributed by atoms with E-state index in [0.717, 1.165) is 0 Å². The topological polar surface area (TPSA) is 3.88 Å². The van der Waals surface area contributed by atoms with Crippen LogP contribution in [-0.2, 0) is 17.9 Å². The molecular formula is C22H30N+. The smallest absolute Gasteiger partial charge is 0.201 e. The lowest BCUT2D eigenvalue weighted by molar-refractivity contribution is -0.661. The first-order valence-corrected chi connectivity index (χ1v) is 8.63. The van der Waals surface area contributed by atoms with Gasteiger partial charge in [-0.2, -0.15) is 0 Å². The van der Waals surface area contributed by atoms with Gasteiger partial charge in [-0.25, -0.2) is 4.57 Å². The van der Waals surface area contributed by atoms with Crippen LogP contribution in [0.1, 0.15) is 58.2 Å². The summed E-state index contributed by atoms with van der Waals surface area (Å²) in [4.78, 5) is 0. The molecule has 23 heavy (non-hydrogen) atoms. The molecule has 0 N–H and O–H groups in total. The van der Waals surface area contributed by atoms with Gasteiger partial charge in [0.25, 0.3) is 0 Å². The second-order valence-electron chi connectivity index (χ2n) is 8.75. The predicted molar refractivity (Wildman–Crippen MR) is 97.6 cm³/mol. The summed E-state index contributed by atoms with van der Waals surface area (Å²) in [6, 6.07) is 11.1. The lowest BCUT2D eigenvalue weighted by Crippen LogP contribution is -2.42. The number of benzene rings is 1. The number of fused-ring (bicyclic) bond motifs is 1. The summed E-state index contributed by atoms with van der Waals surface area (Å²) < 4.78 is 2.31. The Kier molecular flexibility index (Phi) is 3.31. The monoisotopic (exact) mass is 308 g/mol. The number of rotatable bonds is 1. The molecule has 0 amide bonds. The molecule has 0 atom stereocenters. The molecule has 1 aliphatic carbocycles. The predicted octanol–water partition coefficient (Wildman–Crippen LogP) is 5.08. The van der Waals surface area contributed by atoms with Crippen molar-refractivity contribution in [3.05, 3.63) is 53.2 Å². The number of hydrogen-bond acceptors (Lipinski definition) is 0. The maximum absolute atomic E-state index is 2.43. The zero-order valence-corrected chi connectivity index (χ0v) is 15.9. The van der Waals surface area contributed by atoms with E-state index in [9.17, 15) is 0 Å². The van der Waals surface area contributed by atoms with Gasteiger partial charge in [-0.05, 0) is 34.9 Å². The fourth-order valence-corrected chi connectivity index (χ4v) is 4.40. The summed E-state index contributed by atoms with van der Waals surface area (Å²) >= 11 is 0. The van der Waals surface area contributed by atoms with Gasteiger partial charge in [0.05, 0.1) is 0 Å². The molecule has 1 heteroatoms. The first-order valence-electron chi connectivity index (χ1n) is 8.63. The summed E-state index contributed by atoms with van der Waals surface area (Å²) in [6.45, 7) is 16.7. The van der Waals surface area contributed by atoms with Gasteiger partial charge >= 0.3 is 0 Å². The van der Waals surface area contributed by atoms with Crippen LogP contribution in [0, 0.1) is 12.3 Å². The van der Waals surface area contributed by atoms with E-state index in [0.29, 0.717) is 0 Å². The van der Waals surface area contributed by atoms with Gasteiger partial charge in [-0.15, -0.1) is 0 Å². The molecule has 0 unspecified atom stereocenters. The summed E-state index contributed by atoms with van der Waals surface area (Å²) in [5.74, 6) is 0. The Bertz CT molecular complexity index is 779. The van der Waals surface area contributed by atoms with Crippen LogP contribution in [0.3, 0.4) is 0 Å². The Balaban J connectivity index is 2.45. The van der Waals surface area contributed by atoms with Crippen molar-refractivity contribution in [2.45, 2.75) is 59.3 Å². The zero-order chi connectivity index (χ0) is 17.2. The van der Waals surface area contributed by atoms with Gasteiger partial charge in [-0.1, -0.05) is 59.7 Å². The van der Waals surface area contributed by atoms with Crippen molar-refractivity contribution < 1.29 is 4.57 Å². The standard InChI is InChI=1S/C22H30N/c1-15-11-9-10-12-16(15)19-18-17(13-14-23(19)8)20(2,3)22(6,7)21(18,4)5/h9-14H,1-8H3/q+1. The molecule has 1 nitrogen and oxygen atoms in total. The molecule has 0 saturated carbocycles. The highest BCUT2D eigenvalue weighted by Gasteiger charge is 2.59. The Morgan fingerprint density at radius 2 is 1.43 bits per heavy atom. The second-order valence-corrected chi connectivity index (χ2v) is 8.75. The van der Waals surface area contributed by atoms with Crippen molar-refractivity contribution in [2.24, 2.45) is 12.5 Å². The molecule has 0 bridgehead atoms. The van der Waals surface area contributed by atoms with E-state index in [1.54, 1.807) is 0 Å². The van der Waals surface area contributed by atoms with E-state index in [2.05, 4.69) is 96.6 Å². The fourth-order valence-electron chi connectivity index (χ4n) is 4.40. The van der Waals surface area contributed by atoms with E-state index >= 15 is 0 Å². The van der Waals surface area contributed by atoms with Gasteiger partial charge in [0.15, 0.2) is 6.20 Å². The minimum Gasteiger partial charge on any atom is -0.201 e. The van der Waals surface area contributed by atoms with Gasteiger partial charge in [0, 0.05) is 22.6 Å². The third-order valence-electron chi connectivity index (χ3n) is 7.15. The molecular weight excluding hydrogens is 278 g/mol. The zero-order valence-electron chi connectivity index (χ0n) is 15.9. The summed E-state index contributed by atoms with van der Waals surface area (Å²) in [5.41, 5.74) is 7.55. The largest absolute Gasteiger partial charge is 0.216 e. The quantitative estimate of drug-likeness (QED) is 0.647. The summed E-state index contributed by atoms with van der Waals surface area (Å²) in [5, 5.41) is 0. The number of aryl methyl sites for hydroxylation is 2. The normalized spacial score (nSPS) is 20.3. The average molecular weight is 308 g/mol. The van der Waals surface area contributed by atoms with Crippen LogP contribution in [0.4, 0.5) is 0 Å². The Labute approximate surface area is 141 Å². The molecule has 122 valence electrons. The van der Waals surface area contributed by atoms with E-state index in [1.807, 2.05) is 0 Å². The minimum atomic E-state index is 0.114. The van der Waals surface area contributed by atoms with Crippen molar-refractivity contribution in [3.63, 3.8) is 0 Å². The lowest BCUT2D eigenvalue weighted by Gasteiger charge is -2.44. The molecule has 1 aromatic carbocycles. The summed E-state index contributed by atoms with van der Waals surface area (Å²) in [7, 11) is 2.18. The van der Waals surface area contributed by atoms with Crippen LogP contribution in [0.5, 0.6) is 0 Å². The van der Waals surface area contributed by atoms with Crippen molar-refractivity contribution in [3.8, 4) is 11.3 Å². The SMILES string of the molecule is Cc1ccccc1-c1c2c(cc[n+]1C)C(C)(C)C(C)(C)C2(C)C. The average Bonchev–Trinajstić information content (AvgIpc) is 2.56. The second kappa shape index (κ2) is 4.69. The molecule has 0 aliphatic heterocycles. The van der Waals surface area contributed by atoms with Gasteiger partial charge in [-0.3, -0.25) is 0 Å². The maximum atomic E-state index is 2.43. The molecule has 0 radical (unpaired) electrons. The van der Waals surface area contributed by atoms with E-state index in [-0.39, 0.29) is 16.2 Å². The van der Waals surface area contributed by atoms with Crippen LogP contribution in [-0.4, -0.2) is 0 Å². The third kappa shape index (κ3) is 1.89.